The molecule has 26 heavy (non-hydrogen) atoms. The van der Waals surface area contributed by atoms with Gasteiger partial charge in [-0.05, 0) is 35.7 Å². The van der Waals surface area contributed by atoms with E-state index in [1.165, 1.54) is 14.0 Å². The normalized spacial score (nSPS) is 10.4. The van der Waals surface area contributed by atoms with E-state index in [0.717, 1.165) is 15.2 Å². The van der Waals surface area contributed by atoms with Gasteiger partial charge in [-0.1, -0.05) is 34.1 Å². The van der Waals surface area contributed by atoms with E-state index < -0.39 is 5.91 Å². The number of pyridine rings is 1. The molecule has 7 heteroatoms. The summed E-state index contributed by atoms with van der Waals surface area (Å²) in [4.78, 5) is 28.4. The van der Waals surface area contributed by atoms with Crippen LogP contribution in [0.25, 0.3) is 10.8 Å². The Bertz CT molecular complexity index is 1000. The SMILES string of the molecule is COc1nc(C(=O)Nc2cc(Br)ccc2NC(C)=O)cc2ccccc12. The van der Waals surface area contributed by atoms with Crippen LogP contribution in [0.2, 0.25) is 0 Å². The maximum atomic E-state index is 12.7. The zero-order valence-electron chi connectivity index (χ0n) is 14.2. The highest BCUT2D eigenvalue weighted by atomic mass is 79.9. The Balaban J connectivity index is 1.97. The first-order chi connectivity index (χ1) is 12.5. The third-order valence-corrected chi connectivity index (χ3v) is 4.17. The number of nitrogens with zero attached hydrogens (tertiary/aromatic N) is 1. The summed E-state index contributed by atoms with van der Waals surface area (Å²) in [7, 11) is 1.51. The molecule has 3 aromatic rings. The van der Waals surface area contributed by atoms with E-state index >= 15 is 0 Å². The fourth-order valence-corrected chi connectivity index (χ4v) is 2.90. The van der Waals surface area contributed by atoms with E-state index in [0.29, 0.717) is 17.3 Å². The lowest BCUT2D eigenvalue weighted by atomic mass is 10.1. The van der Waals surface area contributed by atoms with E-state index in [1.807, 2.05) is 24.3 Å². The lowest BCUT2D eigenvalue weighted by Gasteiger charge is -2.13. The number of fused-ring (bicyclic) bond motifs is 1. The number of ether oxygens (including phenoxy) is 1. The van der Waals surface area contributed by atoms with Gasteiger partial charge in [0.25, 0.3) is 5.91 Å². The molecule has 2 N–H and O–H groups in total. The van der Waals surface area contributed by atoms with Crippen molar-refractivity contribution in [3.8, 4) is 5.88 Å². The van der Waals surface area contributed by atoms with Crippen LogP contribution < -0.4 is 15.4 Å². The second-order valence-electron chi connectivity index (χ2n) is 5.56. The molecule has 0 aliphatic rings. The molecule has 0 aliphatic carbocycles. The number of nitrogens with one attached hydrogen (secondary N) is 2. The first-order valence-corrected chi connectivity index (χ1v) is 8.59. The van der Waals surface area contributed by atoms with Crippen LogP contribution in [0, 0.1) is 0 Å². The van der Waals surface area contributed by atoms with Crippen molar-refractivity contribution in [3.05, 3.63) is 58.7 Å². The van der Waals surface area contributed by atoms with Crippen LogP contribution in [0.1, 0.15) is 17.4 Å². The average molecular weight is 414 g/mol. The molecule has 0 unspecified atom stereocenters. The lowest BCUT2D eigenvalue weighted by molar-refractivity contribution is -0.114. The minimum atomic E-state index is -0.404. The van der Waals surface area contributed by atoms with Gasteiger partial charge in [-0.25, -0.2) is 4.98 Å². The zero-order chi connectivity index (χ0) is 18.7. The number of halogens is 1. The summed E-state index contributed by atoms with van der Waals surface area (Å²) in [5, 5.41) is 7.15. The van der Waals surface area contributed by atoms with E-state index in [1.54, 1.807) is 24.3 Å². The van der Waals surface area contributed by atoms with E-state index in [4.69, 9.17) is 4.74 Å². The summed E-state index contributed by atoms with van der Waals surface area (Å²) in [5.74, 6) is -0.253. The first-order valence-electron chi connectivity index (χ1n) is 7.80. The van der Waals surface area contributed by atoms with Crippen molar-refractivity contribution in [2.75, 3.05) is 17.7 Å². The van der Waals surface area contributed by atoms with Gasteiger partial charge >= 0.3 is 0 Å². The molecule has 0 atom stereocenters. The molecule has 1 heterocycles. The quantitative estimate of drug-likeness (QED) is 0.670. The smallest absolute Gasteiger partial charge is 0.274 e. The number of hydrogen-bond acceptors (Lipinski definition) is 4. The fourth-order valence-electron chi connectivity index (χ4n) is 2.54. The van der Waals surface area contributed by atoms with Crippen molar-refractivity contribution >= 4 is 49.9 Å². The predicted molar refractivity (Wildman–Crippen MR) is 105 cm³/mol. The van der Waals surface area contributed by atoms with Gasteiger partial charge in [-0.3, -0.25) is 9.59 Å². The van der Waals surface area contributed by atoms with Crippen LogP contribution in [-0.2, 0) is 4.79 Å². The third-order valence-electron chi connectivity index (χ3n) is 3.67. The van der Waals surface area contributed by atoms with Gasteiger partial charge in [-0.15, -0.1) is 0 Å². The number of aromatic nitrogens is 1. The Kier molecular flexibility index (Phi) is 5.18. The van der Waals surface area contributed by atoms with Crippen molar-refractivity contribution < 1.29 is 14.3 Å². The number of carbonyl (C=O) groups excluding carboxylic acids is 2. The molecule has 0 radical (unpaired) electrons. The standard InChI is InChI=1S/C19H16BrN3O3/c1-11(24)21-15-8-7-13(20)10-16(15)22-18(25)17-9-12-5-3-4-6-14(12)19(23-17)26-2/h3-10H,1-2H3,(H,21,24)(H,22,25). The Hall–Kier alpha value is -2.93. The van der Waals surface area contributed by atoms with E-state index in [2.05, 4.69) is 31.5 Å². The number of rotatable bonds is 4. The summed E-state index contributed by atoms with van der Waals surface area (Å²) in [6.45, 7) is 1.41. The van der Waals surface area contributed by atoms with Gasteiger partial charge in [0.2, 0.25) is 11.8 Å². The van der Waals surface area contributed by atoms with E-state index in [9.17, 15) is 9.59 Å². The summed E-state index contributed by atoms with van der Waals surface area (Å²) in [6, 6.07) is 14.4. The molecule has 0 bridgehead atoms. The highest BCUT2D eigenvalue weighted by molar-refractivity contribution is 9.10. The fraction of sp³-hybridized carbons (Fsp3) is 0.105. The van der Waals surface area contributed by atoms with Gasteiger partial charge in [0.1, 0.15) is 5.69 Å². The number of carbonyl (C=O) groups is 2. The molecule has 6 nitrogen and oxygen atoms in total. The summed E-state index contributed by atoms with van der Waals surface area (Å²) in [5.41, 5.74) is 1.18. The van der Waals surface area contributed by atoms with Gasteiger partial charge in [0.05, 0.1) is 18.5 Å². The second kappa shape index (κ2) is 7.53. The van der Waals surface area contributed by atoms with Crippen molar-refractivity contribution in [2.24, 2.45) is 0 Å². The largest absolute Gasteiger partial charge is 0.481 e. The molecule has 2 amide bonds. The van der Waals surface area contributed by atoms with Crippen LogP contribution in [0.3, 0.4) is 0 Å². The Labute approximate surface area is 158 Å². The maximum absolute atomic E-state index is 12.7. The predicted octanol–water partition coefficient (Wildman–Crippen LogP) is 4.22. The van der Waals surface area contributed by atoms with Crippen molar-refractivity contribution in [3.63, 3.8) is 0 Å². The summed E-state index contributed by atoms with van der Waals surface area (Å²) in [6.07, 6.45) is 0. The molecule has 0 saturated carbocycles. The molecule has 132 valence electrons. The number of hydrogen-bond donors (Lipinski definition) is 2. The topological polar surface area (TPSA) is 80.3 Å². The van der Waals surface area contributed by atoms with Crippen LogP contribution in [0.4, 0.5) is 11.4 Å². The highest BCUT2D eigenvalue weighted by Crippen LogP contribution is 2.28. The Morgan fingerprint density at radius 1 is 1.04 bits per heavy atom. The molecule has 0 spiro atoms. The van der Waals surface area contributed by atoms with Crippen LogP contribution in [0.5, 0.6) is 5.88 Å². The van der Waals surface area contributed by atoms with Crippen molar-refractivity contribution in [2.45, 2.75) is 6.92 Å². The van der Waals surface area contributed by atoms with Gasteiger partial charge in [-0.2, -0.15) is 0 Å². The number of benzene rings is 2. The van der Waals surface area contributed by atoms with Crippen LogP contribution >= 0.6 is 15.9 Å². The van der Waals surface area contributed by atoms with Gasteiger partial charge < -0.3 is 15.4 Å². The monoisotopic (exact) mass is 413 g/mol. The van der Waals surface area contributed by atoms with Gasteiger partial charge in [0.15, 0.2) is 0 Å². The Morgan fingerprint density at radius 3 is 2.54 bits per heavy atom. The molecular weight excluding hydrogens is 398 g/mol. The number of amides is 2. The Morgan fingerprint density at radius 2 is 1.81 bits per heavy atom. The molecule has 3 rings (SSSR count). The minimum Gasteiger partial charge on any atom is -0.481 e. The maximum Gasteiger partial charge on any atom is 0.274 e. The molecule has 0 fully saturated rings. The molecular formula is C19H16BrN3O3. The van der Waals surface area contributed by atoms with E-state index in [-0.39, 0.29) is 11.6 Å². The van der Waals surface area contributed by atoms with Crippen LogP contribution in [-0.4, -0.2) is 23.9 Å². The number of anilines is 2. The highest BCUT2D eigenvalue weighted by Gasteiger charge is 2.15. The number of methoxy groups -OCH3 is 1. The first kappa shape index (κ1) is 17.9. The van der Waals surface area contributed by atoms with Crippen LogP contribution in [0.15, 0.2) is 53.0 Å². The third kappa shape index (κ3) is 3.83. The summed E-state index contributed by atoms with van der Waals surface area (Å²) >= 11 is 3.36. The molecule has 0 saturated heterocycles. The van der Waals surface area contributed by atoms with Crippen molar-refractivity contribution in [1.29, 1.82) is 0 Å². The lowest BCUT2D eigenvalue weighted by Crippen LogP contribution is -2.16. The van der Waals surface area contributed by atoms with Crippen molar-refractivity contribution in [1.82, 2.24) is 4.98 Å². The van der Waals surface area contributed by atoms with Gasteiger partial charge in [0, 0.05) is 16.8 Å². The molecule has 2 aromatic carbocycles. The zero-order valence-corrected chi connectivity index (χ0v) is 15.8. The summed E-state index contributed by atoms with van der Waals surface area (Å²) < 4.78 is 6.08. The second-order valence-corrected chi connectivity index (χ2v) is 6.48. The average Bonchev–Trinajstić information content (AvgIpc) is 2.62. The minimum absolute atomic E-state index is 0.217. The molecule has 1 aromatic heterocycles. The molecule has 0 aliphatic heterocycles.